The second-order valence-electron chi connectivity index (χ2n) is 18.4. The number of imidazole rings is 1. The van der Waals surface area contributed by atoms with E-state index in [1.807, 2.05) is 29.0 Å². The Morgan fingerprint density at radius 1 is 0.912 bits per heavy atom. The van der Waals surface area contributed by atoms with Gasteiger partial charge in [-0.3, -0.25) is 39.4 Å². The largest absolute Gasteiger partial charge is 0.352 e. The molecule has 4 aromatic carbocycles. The number of halogens is 3. The number of fused-ring (bicyclic) bond motifs is 4. The Morgan fingerprint density at radius 3 is 2.50 bits per heavy atom. The van der Waals surface area contributed by atoms with E-state index < -0.39 is 46.6 Å². The van der Waals surface area contributed by atoms with E-state index in [1.54, 1.807) is 65.8 Å². The fourth-order valence-electron chi connectivity index (χ4n) is 11.6. The first kappa shape index (κ1) is 45.4. The highest BCUT2D eigenvalue weighted by molar-refractivity contribution is 6.31. The molecule has 68 heavy (non-hydrogen) atoms. The summed E-state index contributed by atoms with van der Waals surface area (Å²) >= 11 is 12.8. The van der Waals surface area contributed by atoms with Gasteiger partial charge in [0.1, 0.15) is 17.3 Å². The van der Waals surface area contributed by atoms with Gasteiger partial charge in [0, 0.05) is 76.9 Å². The van der Waals surface area contributed by atoms with E-state index in [0.29, 0.717) is 91.2 Å². The quantitative estimate of drug-likeness (QED) is 0.0656. The zero-order valence-corrected chi connectivity index (χ0v) is 38.5. The third-order valence-electron chi connectivity index (χ3n) is 14.7. The summed E-state index contributed by atoms with van der Waals surface area (Å²) in [4.78, 5) is 86.0. The molecule has 6 amide bonds. The minimum Gasteiger partial charge on any atom is -0.352 e. The molecule has 1 saturated carbocycles. The average Bonchev–Trinajstić information content (AvgIpc) is 4.07. The SMILES string of the molecule is O=C1CCC(N2Cc3c(CCc4cncn4CCCNC(=O)c4ccc(NC(=O)[C@@H]5NC6(CCCCC6)[C@@]6(C(=O)Nc7cc(Cl)ccc76)[C@H]5c5cccc(Cl)c5F)cc4)cccc3C2=O)C(=O)N1. The van der Waals surface area contributed by atoms with Crippen LogP contribution in [0.2, 0.25) is 10.0 Å². The number of carbonyl (C=O) groups excluding carboxylic acids is 6. The Morgan fingerprint density at radius 2 is 1.71 bits per heavy atom. The van der Waals surface area contributed by atoms with Gasteiger partial charge in [-0.05, 0) is 109 Å². The molecule has 350 valence electrons. The number of hydrogen-bond acceptors (Lipinski definition) is 8. The molecule has 1 aromatic heterocycles. The van der Waals surface area contributed by atoms with Crippen LogP contribution in [0.4, 0.5) is 15.8 Å². The molecule has 2 saturated heterocycles. The maximum absolute atomic E-state index is 16.3. The van der Waals surface area contributed by atoms with Gasteiger partial charge < -0.3 is 25.4 Å². The highest BCUT2D eigenvalue weighted by Gasteiger charge is 2.72. The van der Waals surface area contributed by atoms with Crippen molar-refractivity contribution in [2.75, 3.05) is 17.2 Å². The third kappa shape index (κ3) is 7.83. The molecule has 17 heteroatoms. The molecule has 1 aliphatic carbocycles. The Balaban J connectivity index is 0.776. The molecule has 2 spiro atoms. The van der Waals surface area contributed by atoms with Crippen LogP contribution in [0.15, 0.2) is 91.4 Å². The van der Waals surface area contributed by atoms with Gasteiger partial charge in [-0.2, -0.15) is 0 Å². The van der Waals surface area contributed by atoms with E-state index in [0.717, 1.165) is 36.1 Å². The molecule has 5 aromatic rings. The fraction of sp³-hybridized carbons (Fsp3) is 0.353. The van der Waals surface area contributed by atoms with Gasteiger partial charge >= 0.3 is 0 Å². The number of amides is 6. The predicted molar refractivity (Wildman–Crippen MR) is 253 cm³/mol. The van der Waals surface area contributed by atoms with Crippen molar-refractivity contribution in [3.05, 3.63) is 146 Å². The fourth-order valence-corrected chi connectivity index (χ4v) is 12.0. The van der Waals surface area contributed by atoms with Crippen molar-refractivity contribution in [2.24, 2.45) is 0 Å². The van der Waals surface area contributed by atoms with Crippen LogP contribution in [0.3, 0.4) is 0 Å². The monoisotopic (exact) mass is 958 g/mol. The average molecular weight is 960 g/mol. The smallest absolute Gasteiger partial charge is 0.255 e. The summed E-state index contributed by atoms with van der Waals surface area (Å²) in [5.41, 5.74) is 3.43. The first-order chi connectivity index (χ1) is 32.9. The zero-order valence-electron chi connectivity index (χ0n) is 37.0. The van der Waals surface area contributed by atoms with Crippen LogP contribution in [0.5, 0.6) is 0 Å². The second kappa shape index (κ2) is 18.2. The maximum Gasteiger partial charge on any atom is 0.255 e. The Kier molecular flexibility index (Phi) is 12.2. The zero-order chi connectivity index (χ0) is 47.3. The molecule has 3 fully saturated rings. The highest BCUT2D eigenvalue weighted by Crippen LogP contribution is 2.63. The number of imide groups is 1. The minimum absolute atomic E-state index is 0.109. The van der Waals surface area contributed by atoms with Gasteiger partial charge in [0.05, 0.1) is 17.4 Å². The normalized spacial score (nSPS) is 22.6. The predicted octanol–water partition coefficient (Wildman–Crippen LogP) is 6.98. The molecule has 1 unspecified atom stereocenters. The number of anilines is 2. The van der Waals surface area contributed by atoms with E-state index >= 15 is 4.39 Å². The maximum atomic E-state index is 16.3. The van der Waals surface area contributed by atoms with E-state index in [9.17, 15) is 28.8 Å². The summed E-state index contributed by atoms with van der Waals surface area (Å²) < 4.78 is 18.3. The molecular weight excluding hydrogens is 911 g/mol. The summed E-state index contributed by atoms with van der Waals surface area (Å²) in [5.74, 6) is -3.69. The first-order valence-corrected chi connectivity index (χ1v) is 23.9. The topological polar surface area (TPSA) is 184 Å². The number of carbonyl (C=O) groups is 6. The van der Waals surface area contributed by atoms with Crippen molar-refractivity contribution in [3.63, 3.8) is 0 Å². The second-order valence-corrected chi connectivity index (χ2v) is 19.3. The molecule has 5 aliphatic rings. The van der Waals surface area contributed by atoms with Crippen LogP contribution in [-0.2, 0) is 50.5 Å². The van der Waals surface area contributed by atoms with Gasteiger partial charge in [-0.15, -0.1) is 0 Å². The van der Waals surface area contributed by atoms with Crippen molar-refractivity contribution >= 4 is 70.0 Å². The summed E-state index contributed by atoms with van der Waals surface area (Å²) in [6.45, 7) is 1.31. The van der Waals surface area contributed by atoms with Crippen LogP contribution in [0.1, 0.15) is 106 Å². The van der Waals surface area contributed by atoms with Gasteiger partial charge in [0.25, 0.3) is 11.8 Å². The van der Waals surface area contributed by atoms with Crippen LogP contribution in [0, 0.1) is 5.82 Å². The van der Waals surface area contributed by atoms with Crippen molar-refractivity contribution in [1.82, 2.24) is 30.4 Å². The molecule has 5 heterocycles. The number of hydrogen-bond donors (Lipinski definition) is 5. The van der Waals surface area contributed by atoms with Crippen LogP contribution in [0.25, 0.3) is 0 Å². The molecular formula is C51H49Cl2FN8O6. The van der Waals surface area contributed by atoms with E-state index in [1.165, 1.54) is 6.07 Å². The number of aromatic nitrogens is 2. The molecule has 14 nitrogen and oxygen atoms in total. The van der Waals surface area contributed by atoms with E-state index in [4.69, 9.17) is 23.2 Å². The van der Waals surface area contributed by atoms with Gasteiger partial charge in [-0.25, -0.2) is 9.37 Å². The number of benzene rings is 4. The molecule has 4 atom stereocenters. The van der Waals surface area contributed by atoms with E-state index in [-0.39, 0.29) is 40.6 Å². The van der Waals surface area contributed by atoms with Crippen LogP contribution in [-0.4, -0.2) is 74.1 Å². The molecule has 0 radical (unpaired) electrons. The Labute approximate surface area is 401 Å². The van der Waals surface area contributed by atoms with Crippen molar-refractivity contribution in [1.29, 1.82) is 0 Å². The summed E-state index contributed by atoms with van der Waals surface area (Å²) in [7, 11) is 0. The summed E-state index contributed by atoms with van der Waals surface area (Å²) in [6, 6.07) is 20.4. The number of aryl methyl sites for hydroxylation is 3. The van der Waals surface area contributed by atoms with Gasteiger partial charge in [0.15, 0.2) is 0 Å². The summed E-state index contributed by atoms with van der Waals surface area (Å²) in [5, 5.41) is 15.3. The Bertz CT molecular complexity index is 2880. The summed E-state index contributed by atoms with van der Waals surface area (Å²) in [6.07, 6.45) is 9.79. The lowest BCUT2D eigenvalue weighted by molar-refractivity contribution is -0.137. The lowest BCUT2D eigenvalue weighted by Crippen LogP contribution is -2.60. The van der Waals surface area contributed by atoms with Crippen molar-refractivity contribution in [3.8, 4) is 0 Å². The van der Waals surface area contributed by atoms with E-state index in [2.05, 4.69) is 31.6 Å². The first-order valence-electron chi connectivity index (χ1n) is 23.2. The standard InChI is InChI=1S/C51H49Cl2FN8O6/c52-31-14-18-37-39(25-31)58-49(68)51(37)42(35-9-5-10-38(53)43(35)54)44(60-50(51)21-2-1-3-22-50)47(66)57-32-15-11-30(12-16-32)45(64)56-23-6-24-61-28-55-26-33(61)17-13-29-7-4-8-34-36(29)27-62(48(34)67)40-19-20-41(63)59-46(40)65/h4-5,7-12,14-16,18,25-26,28,40,42,44,60H,1-3,6,13,17,19-24,27H2,(H,56,64)(H,57,66)(H,58,68)(H,59,63,65)/t40?,42-,44+,51+/m0/s1. The molecule has 0 bridgehead atoms. The number of rotatable bonds is 12. The molecule has 5 N–H and O–H groups in total. The van der Waals surface area contributed by atoms with Gasteiger partial charge in [-0.1, -0.05) is 72.8 Å². The Hall–Kier alpha value is -6.42. The van der Waals surface area contributed by atoms with Crippen molar-refractivity contribution < 1.29 is 33.2 Å². The minimum atomic E-state index is -1.36. The highest BCUT2D eigenvalue weighted by atomic mass is 35.5. The number of nitrogens with one attached hydrogen (secondary N) is 5. The van der Waals surface area contributed by atoms with Crippen LogP contribution >= 0.6 is 23.2 Å². The lowest BCUT2D eigenvalue weighted by Gasteiger charge is -2.47. The number of nitrogens with zero attached hydrogens (tertiary/aromatic N) is 3. The lowest BCUT2D eigenvalue weighted by atomic mass is 9.55. The molecule has 4 aliphatic heterocycles. The number of piperidine rings is 1. The van der Waals surface area contributed by atoms with Crippen molar-refractivity contribution in [2.45, 2.75) is 106 Å². The van der Waals surface area contributed by atoms with Crippen LogP contribution < -0.4 is 26.6 Å². The molecule has 10 rings (SSSR count). The van der Waals surface area contributed by atoms with Gasteiger partial charge in [0.2, 0.25) is 23.6 Å². The third-order valence-corrected chi connectivity index (χ3v) is 15.2.